The maximum Gasteiger partial charge on any atom is 2.00 e. The van der Waals surface area contributed by atoms with Crippen molar-refractivity contribution in [1.29, 1.82) is 0 Å². The first-order chi connectivity index (χ1) is 5.13. The second-order valence-corrected chi connectivity index (χ2v) is 2.61. The van der Waals surface area contributed by atoms with Gasteiger partial charge in [0.2, 0.25) is 0 Å². The van der Waals surface area contributed by atoms with Crippen molar-refractivity contribution >= 4 is 14.2 Å². The summed E-state index contributed by atoms with van der Waals surface area (Å²) in [4.78, 5) is 19.7. The van der Waals surface area contributed by atoms with Crippen LogP contribution in [0.15, 0.2) is 0 Å². The molecule has 0 bridgehead atoms. The zero-order valence-corrected chi connectivity index (χ0v) is 9.71. The van der Waals surface area contributed by atoms with Crippen LogP contribution in [0.25, 0.3) is 0 Å². The molecule has 0 aliphatic heterocycles. The van der Waals surface area contributed by atoms with Crippen molar-refractivity contribution < 1.29 is 50.1 Å². The molecule has 0 aromatic heterocycles. The van der Waals surface area contributed by atoms with Gasteiger partial charge in [-0.15, -0.1) is 4.52 Å². The summed E-state index contributed by atoms with van der Waals surface area (Å²) in [6, 6.07) is 0. The number of carboxylic acid groups (broad SMARTS) is 1. The summed E-state index contributed by atoms with van der Waals surface area (Å²) in [5.41, 5.74) is 0. The van der Waals surface area contributed by atoms with E-state index in [2.05, 4.69) is 4.52 Å². The van der Waals surface area contributed by atoms with Gasteiger partial charge in [0.1, 0.15) is 6.61 Å². The molecule has 0 amide bonds. The Kier molecular flexibility index (Phi) is 11.7. The van der Waals surface area contributed by atoms with Crippen LogP contribution in [0, 0.1) is 0 Å². The van der Waals surface area contributed by atoms with Crippen molar-refractivity contribution in [3.63, 3.8) is 0 Å². The van der Waals surface area contributed by atoms with Crippen LogP contribution in [0.4, 0.5) is 0 Å². The van der Waals surface area contributed by atoms with E-state index in [-0.39, 0.29) is 39.2 Å². The minimum absolute atomic E-state index is 0. The molecule has 66 valence electrons. The van der Waals surface area contributed by atoms with Gasteiger partial charge in [0.15, 0.2) is 0 Å². The summed E-state index contributed by atoms with van der Waals surface area (Å²) in [6.07, 6.45) is 0.952. The summed E-state index contributed by atoms with van der Waals surface area (Å²) in [5.74, 6) is -0.878. The monoisotopic (exact) mass is 270 g/mol. The Morgan fingerprint density at radius 2 is 2.08 bits per heavy atom. The number of unbranched alkanes of at least 4 members (excludes halogenated alkanes) is 1. The molecule has 0 saturated carbocycles. The van der Waals surface area contributed by atoms with E-state index in [4.69, 9.17) is 5.11 Å². The average molecular weight is 271 g/mol. The summed E-state index contributed by atoms with van der Waals surface area (Å²) >= 11 is 0. The van der Waals surface area contributed by atoms with E-state index in [1.54, 1.807) is 0 Å². The van der Waals surface area contributed by atoms with Crippen LogP contribution in [0.5, 0.6) is 0 Å². The molecule has 0 fully saturated rings. The van der Waals surface area contributed by atoms with Crippen LogP contribution in [-0.4, -0.2) is 17.7 Å². The molecule has 12 heavy (non-hydrogen) atoms. The fourth-order valence-electron chi connectivity index (χ4n) is 0.517. The van der Waals surface area contributed by atoms with E-state index in [9.17, 15) is 14.3 Å². The first kappa shape index (κ1) is 14.9. The van der Waals surface area contributed by atoms with E-state index < -0.39 is 14.2 Å². The Balaban J connectivity index is 0. The smallest absolute Gasteiger partial charge is 0.566 e. The quantitative estimate of drug-likeness (QED) is 0.553. The van der Waals surface area contributed by atoms with Crippen LogP contribution in [0.1, 0.15) is 19.3 Å². The predicted molar refractivity (Wildman–Crippen MR) is 35.0 cm³/mol. The molecule has 5 nitrogen and oxygen atoms in total. The van der Waals surface area contributed by atoms with Gasteiger partial charge in [-0.05, 0) is 17.4 Å². The van der Waals surface area contributed by atoms with Crippen molar-refractivity contribution in [3.05, 3.63) is 0 Å². The van der Waals surface area contributed by atoms with Gasteiger partial charge in [-0.2, -0.15) is 0 Å². The Morgan fingerprint density at radius 1 is 1.50 bits per heavy atom. The number of carbonyl (C=O) groups is 1. The van der Waals surface area contributed by atoms with E-state index in [1.165, 1.54) is 0 Å². The van der Waals surface area contributed by atoms with Gasteiger partial charge >= 0.3 is 40.4 Å². The number of hydrogen-bond donors (Lipinski definition) is 1. The maximum absolute atomic E-state index is 9.94. The van der Waals surface area contributed by atoms with Gasteiger partial charge in [-0.25, -0.2) is 0 Å². The first-order valence-electron chi connectivity index (χ1n) is 3.12. The topological polar surface area (TPSA) is 86.7 Å². The fourth-order valence-corrected chi connectivity index (χ4v) is 0.796. The summed E-state index contributed by atoms with van der Waals surface area (Å²) in [5, 5.41) is 8.16. The summed E-state index contributed by atoms with van der Waals surface area (Å²) in [7, 11) is -2.78. The largest absolute Gasteiger partial charge is 2.00 e. The number of carboxylic acids is 1. The second kappa shape index (κ2) is 9.46. The SMILES string of the molecule is O=C(O)CCCCO[P+](=O)[O-].[Zr+2]. The molecule has 1 N–H and O–H groups in total. The number of rotatable bonds is 6. The third-order valence-corrected chi connectivity index (χ3v) is 1.38. The first-order valence-corrected chi connectivity index (χ1v) is 4.21. The third-order valence-electron chi connectivity index (χ3n) is 0.982. The maximum atomic E-state index is 9.94. The van der Waals surface area contributed by atoms with Crippen molar-refractivity contribution in [2.45, 2.75) is 19.3 Å². The molecule has 0 rings (SSSR count). The molecular formula is C5H9O5PZr+2. The summed E-state index contributed by atoms with van der Waals surface area (Å²) in [6.45, 7) is 0.0754. The van der Waals surface area contributed by atoms with Gasteiger partial charge in [-0.1, -0.05) is 0 Å². The molecule has 0 aliphatic carbocycles. The third kappa shape index (κ3) is 13.0. The normalized spacial score (nSPS) is 10.2. The zero-order valence-electron chi connectivity index (χ0n) is 6.36. The number of hydrogen-bond acceptors (Lipinski definition) is 4. The molecule has 1 atom stereocenters. The average Bonchev–Trinajstić information content (AvgIpc) is 1.85. The van der Waals surface area contributed by atoms with E-state index in [0.717, 1.165) is 0 Å². The fraction of sp³-hybridized carbons (Fsp3) is 0.800. The van der Waals surface area contributed by atoms with Gasteiger partial charge in [-0.3, -0.25) is 4.79 Å². The van der Waals surface area contributed by atoms with Crippen molar-refractivity contribution in [3.8, 4) is 0 Å². The van der Waals surface area contributed by atoms with Crippen LogP contribution < -0.4 is 4.89 Å². The molecule has 0 aromatic carbocycles. The molecule has 7 heteroatoms. The van der Waals surface area contributed by atoms with Crippen molar-refractivity contribution in [2.24, 2.45) is 0 Å². The second-order valence-electron chi connectivity index (χ2n) is 1.91. The molecule has 0 heterocycles. The Hall–Kier alpha value is 0.373. The minimum Gasteiger partial charge on any atom is -0.566 e. The van der Waals surface area contributed by atoms with E-state index in [1.807, 2.05) is 0 Å². The van der Waals surface area contributed by atoms with Crippen LogP contribution >= 0.6 is 8.25 Å². The van der Waals surface area contributed by atoms with Gasteiger partial charge in [0, 0.05) is 6.42 Å². The Bertz CT molecular complexity index is 135. The predicted octanol–water partition coefficient (Wildman–Crippen LogP) is 0.273. The molecule has 0 aromatic rings. The van der Waals surface area contributed by atoms with Crippen LogP contribution in [0.3, 0.4) is 0 Å². The van der Waals surface area contributed by atoms with Crippen molar-refractivity contribution in [1.82, 2.24) is 0 Å². The molecule has 0 aliphatic rings. The summed E-state index contributed by atoms with van der Waals surface area (Å²) < 4.78 is 14.0. The van der Waals surface area contributed by atoms with Gasteiger partial charge in [0.05, 0.1) is 0 Å². The molecular weight excluding hydrogens is 262 g/mol. The van der Waals surface area contributed by atoms with E-state index >= 15 is 0 Å². The van der Waals surface area contributed by atoms with Crippen LogP contribution in [-0.2, 0) is 40.1 Å². The minimum atomic E-state index is -2.78. The molecule has 0 spiro atoms. The standard InChI is InChI=1S/C5H9O5P.Zr/c6-5(7)3-1-2-4-10-11(8)9;/h1-4H2,(H,6,7);/q;+2. The molecule has 0 saturated heterocycles. The Morgan fingerprint density at radius 3 is 2.50 bits per heavy atom. The molecule has 1 unspecified atom stereocenters. The zero-order chi connectivity index (χ0) is 8.69. The molecule has 0 radical (unpaired) electrons. The van der Waals surface area contributed by atoms with Gasteiger partial charge < -0.3 is 10.00 Å². The van der Waals surface area contributed by atoms with Crippen molar-refractivity contribution in [2.75, 3.05) is 6.61 Å². The van der Waals surface area contributed by atoms with Gasteiger partial charge in [0.25, 0.3) is 0 Å². The van der Waals surface area contributed by atoms with E-state index in [0.29, 0.717) is 12.8 Å². The Labute approximate surface area is 90.2 Å². The van der Waals surface area contributed by atoms with Crippen LogP contribution in [0.2, 0.25) is 0 Å². The number of aliphatic carboxylic acids is 1.